The molecule has 4 heterocycles. The molecule has 0 radical (unpaired) electrons. The third kappa shape index (κ3) is 24.2. The quantitative estimate of drug-likeness (QED) is 0.0327. The molecule has 92 heavy (non-hydrogen) atoms. The van der Waals surface area contributed by atoms with Gasteiger partial charge in [0.15, 0.2) is 37.3 Å². The molecular weight excluding hydrogens is 1330 g/mol. The van der Waals surface area contributed by atoms with Crippen molar-refractivity contribution in [3.05, 3.63) is 165 Å². The summed E-state index contributed by atoms with van der Waals surface area (Å²) in [5.74, 6) is -8.81. The van der Waals surface area contributed by atoms with Crippen LogP contribution in [0.3, 0.4) is 0 Å². The van der Waals surface area contributed by atoms with Crippen molar-refractivity contribution in [2.24, 2.45) is 0 Å². The Morgan fingerprint density at radius 1 is 0.435 bits per heavy atom. The van der Waals surface area contributed by atoms with E-state index in [0.29, 0.717) is 31.8 Å². The highest BCUT2D eigenvalue weighted by Crippen LogP contribution is 2.41. The van der Waals surface area contributed by atoms with Crippen LogP contribution in [0.4, 0.5) is 49.1 Å². The number of phosphoric acid groups is 4. The van der Waals surface area contributed by atoms with Crippen molar-refractivity contribution in [3.63, 3.8) is 0 Å². The molecule has 0 saturated carbocycles. The molecule has 4 aromatic heterocycles. The van der Waals surface area contributed by atoms with E-state index in [2.05, 4.69) is 80.2 Å². The fourth-order valence-corrected chi connectivity index (χ4v) is 7.98. The minimum absolute atomic E-state index is 0.0170. The van der Waals surface area contributed by atoms with Gasteiger partial charge in [-0.15, -0.1) is 30.6 Å². The number of hydrogen-bond donors (Lipinski definition) is 12. The topological polar surface area (TPSA) is 506 Å². The third-order valence-electron chi connectivity index (χ3n) is 10.5. The summed E-state index contributed by atoms with van der Waals surface area (Å²) in [7, 11) is -19.0. The number of phosphoric ester groups is 4. The molecule has 0 aliphatic rings. The molecule has 4 amide bonds. The highest BCUT2D eigenvalue weighted by atomic mass is 31.2. The summed E-state index contributed by atoms with van der Waals surface area (Å²) in [5.41, 5.74) is 0.395. The summed E-state index contributed by atoms with van der Waals surface area (Å²) in [6.07, 6.45) is -0.489. The summed E-state index contributed by atoms with van der Waals surface area (Å²) in [5, 5.41) is 36.8. The van der Waals surface area contributed by atoms with Gasteiger partial charge in [-0.1, -0.05) is 24.3 Å². The Balaban J connectivity index is 0.000000223. The van der Waals surface area contributed by atoms with Crippen molar-refractivity contribution in [1.82, 2.24) is 60.0 Å². The van der Waals surface area contributed by atoms with E-state index in [1.807, 2.05) is 0 Å². The van der Waals surface area contributed by atoms with E-state index in [1.165, 1.54) is 55.5 Å². The van der Waals surface area contributed by atoms with Crippen molar-refractivity contribution >= 4 is 77.7 Å². The number of carbonyl (C=O) groups is 4. The van der Waals surface area contributed by atoms with Crippen LogP contribution >= 0.6 is 31.3 Å². The number of hydrogen-bond acceptors (Lipinski definition) is 20. The van der Waals surface area contributed by atoms with E-state index in [1.54, 1.807) is 52.0 Å². The van der Waals surface area contributed by atoms with Crippen LogP contribution in [0.25, 0.3) is 0 Å². The van der Waals surface area contributed by atoms with Gasteiger partial charge < -0.3 is 60.4 Å². The van der Waals surface area contributed by atoms with Gasteiger partial charge in [0.25, 0.3) is 35.5 Å². The lowest BCUT2D eigenvalue weighted by atomic mass is 10.2. The summed E-state index contributed by atoms with van der Waals surface area (Å²) < 4.78 is 141. The number of carbonyl (C=O) groups excluding carboxylic acids is 4. The van der Waals surface area contributed by atoms with Gasteiger partial charge in [0, 0.05) is 0 Å². The van der Waals surface area contributed by atoms with E-state index in [0.717, 1.165) is 28.9 Å². The van der Waals surface area contributed by atoms with Gasteiger partial charge in [-0.25, -0.2) is 35.8 Å². The number of aryl methyl sites for hydroxylation is 4. The Morgan fingerprint density at radius 2 is 0.772 bits per heavy atom. The number of aromatic nitrogens is 12. The SMILES string of the molecule is Cc1ccc(NC(=O)c2cnn(C(C)OP(=O)(O)O)n2)c(F)c1.Cc1ccc(NC(=O)c2cnn(COP(=O)(O)O)n2)c(F)c1.Cc1ccc(NC(=O)c2nn(C(C)OP(=O)(O)O)nc2F)c(F)c1.Cc1ccc(NC(=O)c2nn(COP(=O)(O)O)nc2F)c(F)c1. The molecular formula is C46H50F6N16O20P4. The summed E-state index contributed by atoms with van der Waals surface area (Å²) in [6.45, 7) is 7.66. The minimum atomic E-state index is -4.86. The van der Waals surface area contributed by atoms with E-state index in [9.17, 15) is 63.8 Å². The van der Waals surface area contributed by atoms with Crippen LogP contribution in [0.15, 0.2) is 85.2 Å². The van der Waals surface area contributed by atoms with Crippen molar-refractivity contribution in [2.75, 3.05) is 21.3 Å². The van der Waals surface area contributed by atoms with E-state index < -0.39 is 127 Å². The molecule has 0 aliphatic carbocycles. The van der Waals surface area contributed by atoms with Crippen LogP contribution in [-0.4, -0.2) is 123 Å². The van der Waals surface area contributed by atoms with Gasteiger partial charge >= 0.3 is 31.3 Å². The molecule has 4 aromatic carbocycles. The fourth-order valence-electron chi connectivity index (χ4n) is 6.51. The molecule has 0 spiro atoms. The molecule has 8 aromatic rings. The first-order chi connectivity index (χ1) is 42.6. The van der Waals surface area contributed by atoms with Crippen molar-refractivity contribution < 1.29 is 121 Å². The zero-order valence-corrected chi connectivity index (χ0v) is 51.1. The fraction of sp³-hybridized carbons (Fsp3) is 0.217. The molecule has 12 N–H and O–H groups in total. The third-order valence-corrected chi connectivity index (χ3v) is 12.6. The van der Waals surface area contributed by atoms with Crippen molar-refractivity contribution in [3.8, 4) is 0 Å². The zero-order chi connectivity index (χ0) is 68.8. The first-order valence-corrected chi connectivity index (χ1v) is 31.0. The Labute approximate surface area is 511 Å². The average molecular weight is 1380 g/mol. The number of benzene rings is 4. The molecule has 0 bridgehead atoms. The smallest absolute Gasteiger partial charge is 0.318 e. The van der Waals surface area contributed by atoms with E-state index in [4.69, 9.17) is 39.1 Å². The Kier molecular flexibility index (Phi) is 25.4. The lowest BCUT2D eigenvalue weighted by Gasteiger charge is -2.12. The van der Waals surface area contributed by atoms with Crippen LogP contribution < -0.4 is 21.3 Å². The molecule has 0 saturated heterocycles. The molecule has 496 valence electrons. The lowest BCUT2D eigenvalue weighted by molar-refractivity contribution is 0.0745. The standard InChI is InChI=1S/C12H13F2N4O5P.C12H14FN4O5P.C11H11F2N4O5P.C11H12FN4O5P/c1-6-3-4-9(8(13)5-6)15-12(19)10-11(14)17-18(16-10)7(2)23-24(20,21)22;1-7-3-4-10(9(13)5-7)15-12(18)11-6-14-17(16-11)8(2)22-23(19,20)21;1-6-2-3-8(7(12)4-6)14-11(18)9-10(13)16-17(15-9)5-22-23(19,20)21;1-7-2-3-9(8(12)4-7)14-11(17)10-5-13-16(15-10)6-21-22(18,19)20/h3-5,7H,1-2H3,(H,15,19)(H2,20,21,22);3-6,8H,1-2H3,(H,15,18)(H2,19,20,21);2-4H,5H2,1H3,(H,14,18)(H2,19,20,21);2-5H,6H2,1H3,(H,14,17)(H2,18,19,20). The number of halogens is 6. The largest absolute Gasteiger partial charge is 0.471 e. The number of rotatable bonds is 20. The predicted octanol–water partition coefficient (Wildman–Crippen LogP) is 5.58. The highest BCUT2D eigenvalue weighted by molar-refractivity contribution is 7.47. The second-order valence-electron chi connectivity index (χ2n) is 18.2. The van der Waals surface area contributed by atoms with Gasteiger partial charge in [-0.05, 0) is 112 Å². The second kappa shape index (κ2) is 31.6. The van der Waals surface area contributed by atoms with Crippen LogP contribution in [0.5, 0.6) is 0 Å². The van der Waals surface area contributed by atoms with Crippen molar-refractivity contribution in [1.29, 1.82) is 0 Å². The van der Waals surface area contributed by atoms with Crippen molar-refractivity contribution in [2.45, 2.75) is 67.5 Å². The molecule has 0 fully saturated rings. The van der Waals surface area contributed by atoms with Crippen LogP contribution in [0.1, 0.15) is 90.5 Å². The number of nitrogens with zero attached hydrogens (tertiary/aromatic N) is 12. The minimum Gasteiger partial charge on any atom is -0.318 e. The Bertz CT molecular complexity index is 4180. The van der Waals surface area contributed by atoms with Gasteiger partial charge in [-0.2, -0.15) is 38.2 Å². The summed E-state index contributed by atoms with van der Waals surface area (Å²) in [4.78, 5) is 119. The maximum absolute atomic E-state index is 13.7. The van der Waals surface area contributed by atoms with Crippen LogP contribution in [0, 0.1) is 62.9 Å². The first-order valence-electron chi connectivity index (χ1n) is 24.9. The molecule has 2 atom stereocenters. The van der Waals surface area contributed by atoms with E-state index in [-0.39, 0.29) is 34.1 Å². The Hall–Kier alpha value is -8.66. The molecule has 46 heteroatoms. The normalized spacial score (nSPS) is 12.2. The van der Waals surface area contributed by atoms with Crippen LogP contribution in [0.2, 0.25) is 0 Å². The summed E-state index contributed by atoms with van der Waals surface area (Å²) in [6, 6.07) is 16.6. The predicted molar refractivity (Wildman–Crippen MR) is 298 cm³/mol. The molecule has 0 aliphatic heterocycles. The van der Waals surface area contributed by atoms with Gasteiger partial charge in [0.2, 0.25) is 11.4 Å². The van der Waals surface area contributed by atoms with Gasteiger partial charge in [0.1, 0.15) is 23.3 Å². The maximum atomic E-state index is 13.7. The lowest BCUT2D eigenvalue weighted by Crippen LogP contribution is -2.16. The average Bonchev–Trinajstić information content (AvgIpc) is 1.77. The molecule has 8 rings (SSSR count). The summed E-state index contributed by atoms with van der Waals surface area (Å²) >= 11 is 0. The first kappa shape index (κ1) is 74.1. The highest BCUT2D eigenvalue weighted by Gasteiger charge is 2.28. The van der Waals surface area contributed by atoms with Crippen LogP contribution in [-0.2, 0) is 49.8 Å². The maximum Gasteiger partial charge on any atom is 0.471 e. The molecule has 2 unspecified atom stereocenters. The number of amides is 4. The zero-order valence-electron chi connectivity index (χ0n) is 47.6. The number of anilines is 4. The van der Waals surface area contributed by atoms with Gasteiger partial charge in [0.05, 0.1) is 35.1 Å². The Morgan fingerprint density at radius 3 is 1.15 bits per heavy atom. The van der Waals surface area contributed by atoms with E-state index >= 15 is 0 Å². The molecule has 36 nitrogen and oxygen atoms in total. The monoisotopic (exact) mass is 1380 g/mol. The van der Waals surface area contributed by atoms with Gasteiger partial charge in [-0.3, -0.25) is 37.3 Å². The number of nitrogens with one attached hydrogen (secondary N) is 4. The second-order valence-corrected chi connectivity index (χ2v) is 23.0.